The Kier molecular flexibility index (Phi) is 5.91. The third-order valence-electron chi connectivity index (χ3n) is 1.75. The molecule has 0 fully saturated rings. The van der Waals surface area contributed by atoms with Gasteiger partial charge in [-0.1, -0.05) is 19.9 Å². The first-order chi connectivity index (χ1) is 6.13. The van der Waals surface area contributed by atoms with Crippen LogP contribution in [0.1, 0.15) is 33.6 Å². The average molecular weight is 190 g/mol. The van der Waals surface area contributed by atoms with Gasteiger partial charge in [-0.15, -0.1) is 0 Å². The molecule has 0 rings (SSSR count). The zero-order valence-electron chi connectivity index (χ0n) is 8.73. The van der Waals surface area contributed by atoms with Crippen LogP contribution in [-0.2, 0) is 9.47 Å². The maximum atomic E-state index is 13.1. The van der Waals surface area contributed by atoms with Gasteiger partial charge in [0.1, 0.15) is 0 Å². The van der Waals surface area contributed by atoms with Crippen LogP contribution >= 0.6 is 0 Å². The third-order valence-corrected chi connectivity index (χ3v) is 1.75. The molecule has 3 heteroatoms. The molecule has 78 valence electrons. The van der Waals surface area contributed by atoms with Crippen molar-refractivity contribution >= 4 is 0 Å². The number of ether oxygens (including phenoxy) is 2. The lowest BCUT2D eigenvalue weighted by Crippen LogP contribution is -2.36. The summed E-state index contributed by atoms with van der Waals surface area (Å²) in [6.07, 6.45) is 1.30. The van der Waals surface area contributed by atoms with E-state index in [2.05, 4.69) is 6.58 Å². The molecule has 0 spiro atoms. The van der Waals surface area contributed by atoms with Crippen LogP contribution in [0, 0.1) is 0 Å². The Balaban J connectivity index is 4.48. The van der Waals surface area contributed by atoms with E-state index in [9.17, 15) is 4.39 Å². The zero-order valence-corrected chi connectivity index (χ0v) is 8.73. The summed E-state index contributed by atoms with van der Waals surface area (Å²) in [7, 11) is 0. The van der Waals surface area contributed by atoms with E-state index in [-0.39, 0.29) is 0 Å². The monoisotopic (exact) mass is 190 g/mol. The van der Waals surface area contributed by atoms with Crippen LogP contribution in [0.15, 0.2) is 12.4 Å². The van der Waals surface area contributed by atoms with Crippen LogP contribution in [0.4, 0.5) is 4.39 Å². The molecule has 0 saturated heterocycles. The van der Waals surface area contributed by atoms with Crippen molar-refractivity contribution in [2.24, 2.45) is 0 Å². The van der Waals surface area contributed by atoms with E-state index in [1.807, 2.05) is 20.8 Å². The largest absolute Gasteiger partial charge is 0.344 e. The molecule has 0 aromatic heterocycles. The molecule has 0 bridgehead atoms. The van der Waals surface area contributed by atoms with Crippen LogP contribution in [0.3, 0.4) is 0 Å². The normalized spacial score (nSPS) is 11.7. The summed E-state index contributed by atoms with van der Waals surface area (Å²) in [6.45, 7) is 9.68. The Morgan fingerprint density at radius 1 is 1.23 bits per heavy atom. The molecule has 0 unspecified atom stereocenters. The smallest absolute Gasteiger partial charge is 0.221 e. The molecule has 0 aliphatic rings. The van der Waals surface area contributed by atoms with Crippen molar-refractivity contribution in [3.8, 4) is 0 Å². The van der Waals surface area contributed by atoms with Gasteiger partial charge in [0.2, 0.25) is 5.79 Å². The predicted molar refractivity (Wildman–Crippen MR) is 51.1 cm³/mol. The molecule has 0 aromatic rings. The van der Waals surface area contributed by atoms with Crippen molar-refractivity contribution in [2.45, 2.75) is 39.4 Å². The quantitative estimate of drug-likeness (QED) is 0.574. The SMILES string of the molecule is C=C(F)C(CCC)(OCC)OCC. The Hall–Kier alpha value is -0.410. The highest BCUT2D eigenvalue weighted by Crippen LogP contribution is 2.28. The maximum Gasteiger partial charge on any atom is 0.221 e. The van der Waals surface area contributed by atoms with E-state index in [0.717, 1.165) is 6.42 Å². The van der Waals surface area contributed by atoms with Gasteiger partial charge in [0.05, 0.1) is 0 Å². The van der Waals surface area contributed by atoms with Gasteiger partial charge in [-0.25, -0.2) is 4.39 Å². The van der Waals surface area contributed by atoms with Crippen molar-refractivity contribution in [3.63, 3.8) is 0 Å². The average Bonchev–Trinajstić information content (AvgIpc) is 2.05. The van der Waals surface area contributed by atoms with Gasteiger partial charge in [-0.2, -0.15) is 0 Å². The molecule has 0 atom stereocenters. The fraction of sp³-hybridized carbons (Fsp3) is 0.800. The molecular formula is C10H19FO2. The lowest BCUT2D eigenvalue weighted by Gasteiger charge is -2.30. The first kappa shape index (κ1) is 12.6. The highest BCUT2D eigenvalue weighted by molar-refractivity contribution is 4.98. The van der Waals surface area contributed by atoms with Crippen molar-refractivity contribution < 1.29 is 13.9 Å². The second-order valence-electron chi connectivity index (χ2n) is 2.77. The maximum absolute atomic E-state index is 13.1. The summed E-state index contributed by atoms with van der Waals surface area (Å²) in [5.41, 5.74) is 0. The molecule has 0 radical (unpaired) electrons. The summed E-state index contributed by atoms with van der Waals surface area (Å²) in [4.78, 5) is 0. The van der Waals surface area contributed by atoms with Crippen LogP contribution in [-0.4, -0.2) is 19.0 Å². The lowest BCUT2D eigenvalue weighted by atomic mass is 10.1. The van der Waals surface area contributed by atoms with E-state index in [1.165, 1.54) is 0 Å². The van der Waals surface area contributed by atoms with E-state index >= 15 is 0 Å². The molecular weight excluding hydrogens is 171 g/mol. The number of hydrogen-bond donors (Lipinski definition) is 0. The summed E-state index contributed by atoms with van der Waals surface area (Å²) in [5, 5.41) is 0. The van der Waals surface area contributed by atoms with Crippen molar-refractivity contribution in [1.82, 2.24) is 0 Å². The van der Waals surface area contributed by atoms with Crippen LogP contribution in [0.5, 0.6) is 0 Å². The Bertz CT molecular complexity index is 140. The fourth-order valence-corrected chi connectivity index (χ4v) is 1.27. The first-order valence-corrected chi connectivity index (χ1v) is 4.75. The highest BCUT2D eigenvalue weighted by atomic mass is 19.1. The molecule has 0 aliphatic heterocycles. The Morgan fingerprint density at radius 3 is 1.92 bits per heavy atom. The standard InChI is InChI=1S/C10H19FO2/c1-5-8-10(9(4)11,12-6-2)13-7-3/h4-8H2,1-3H3. The molecule has 0 aliphatic carbocycles. The topological polar surface area (TPSA) is 18.5 Å². The minimum Gasteiger partial charge on any atom is -0.344 e. The molecule has 0 heterocycles. The second-order valence-corrected chi connectivity index (χ2v) is 2.77. The van der Waals surface area contributed by atoms with E-state index < -0.39 is 11.6 Å². The van der Waals surface area contributed by atoms with Gasteiger partial charge in [0, 0.05) is 19.6 Å². The van der Waals surface area contributed by atoms with Crippen LogP contribution in [0.25, 0.3) is 0 Å². The fourth-order valence-electron chi connectivity index (χ4n) is 1.27. The summed E-state index contributed by atoms with van der Waals surface area (Å²) in [6, 6.07) is 0. The predicted octanol–water partition coefficient (Wildman–Crippen LogP) is 3.04. The zero-order chi connectivity index (χ0) is 10.3. The van der Waals surface area contributed by atoms with Gasteiger partial charge in [-0.3, -0.25) is 0 Å². The van der Waals surface area contributed by atoms with Gasteiger partial charge >= 0.3 is 0 Å². The molecule has 13 heavy (non-hydrogen) atoms. The summed E-state index contributed by atoms with van der Waals surface area (Å²) < 4.78 is 23.7. The van der Waals surface area contributed by atoms with Crippen LogP contribution < -0.4 is 0 Å². The Morgan fingerprint density at radius 2 is 1.69 bits per heavy atom. The molecule has 0 saturated carbocycles. The van der Waals surface area contributed by atoms with Crippen molar-refractivity contribution in [1.29, 1.82) is 0 Å². The molecule has 0 amide bonds. The number of halogens is 1. The van der Waals surface area contributed by atoms with E-state index in [4.69, 9.17) is 9.47 Å². The highest BCUT2D eigenvalue weighted by Gasteiger charge is 2.34. The number of rotatable bonds is 7. The molecule has 2 nitrogen and oxygen atoms in total. The lowest BCUT2D eigenvalue weighted by molar-refractivity contribution is -0.220. The minimum atomic E-state index is -1.21. The van der Waals surface area contributed by atoms with E-state index in [1.54, 1.807) is 0 Å². The third kappa shape index (κ3) is 3.44. The minimum absolute atomic E-state index is 0.420. The summed E-state index contributed by atoms with van der Waals surface area (Å²) >= 11 is 0. The first-order valence-electron chi connectivity index (χ1n) is 4.75. The second kappa shape index (κ2) is 6.11. The van der Waals surface area contributed by atoms with Crippen molar-refractivity contribution in [3.05, 3.63) is 12.4 Å². The van der Waals surface area contributed by atoms with Gasteiger partial charge in [-0.05, 0) is 13.8 Å². The Labute approximate surface area is 79.7 Å². The molecule has 0 N–H and O–H groups in total. The summed E-state index contributed by atoms with van der Waals surface area (Å²) in [5.74, 6) is -1.75. The van der Waals surface area contributed by atoms with Crippen LogP contribution in [0.2, 0.25) is 0 Å². The van der Waals surface area contributed by atoms with E-state index in [0.29, 0.717) is 19.6 Å². The van der Waals surface area contributed by atoms with Gasteiger partial charge < -0.3 is 9.47 Å². The molecule has 0 aromatic carbocycles. The van der Waals surface area contributed by atoms with Gasteiger partial charge in [0.25, 0.3) is 0 Å². The van der Waals surface area contributed by atoms with Gasteiger partial charge in [0.15, 0.2) is 5.83 Å². The number of hydrogen-bond acceptors (Lipinski definition) is 2. The van der Waals surface area contributed by atoms with Crippen molar-refractivity contribution in [2.75, 3.05) is 13.2 Å².